The van der Waals surface area contributed by atoms with Crippen molar-refractivity contribution in [2.45, 2.75) is 20.4 Å². The average Bonchev–Trinajstić information content (AvgIpc) is 3.20. The lowest BCUT2D eigenvalue weighted by Gasteiger charge is -2.29. The Hall–Kier alpha value is -3.72. The van der Waals surface area contributed by atoms with E-state index in [1.54, 1.807) is 12.1 Å². The van der Waals surface area contributed by atoms with Gasteiger partial charge in [0.2, 0.25) is 5.82 Å². The van der Waals surface area contributed by atoms with Crippen LogP contribution in [0.25, 0.3) is 10.9 Å². The highest BCUT2D eigenvalue weighted by atomic mass is 19.1. The number of nitrogens with zero attached hydrogens (tertiary/aromatic N) is 4. The zero-order chi connectivity index (χ0) is 23.7. The summed E-state index contributed by atoms with van der Waals surface area (Å²) in [4.78, 5) is 10.2. The molecule has 1 saturated heterocycles. The minimum absolute atomic E-state index is 0.0469. The first-order chi connectivity index (χ1) is 16.5. The molecule has 2 N–H and O–H groups in total. The Kier molecular flexibility index (Phi) is 6.02. The van der Waals surface area contributed by atoms with Crippen LogP contribution in [0.3, 0.4) is 0 Å². The number of halogens is 2. The smallest absolute Gasteiger partial charge is 0.261 e. The number of hydrogen-bond acceptors (Lipinski definition) is 6. The van der Waals surface area contributed by atoms with Gasteiger partial charge in [-0.2, -0.15) is 9.37 Å². The predicted octanol–water partition coefficient (Wildman–Crippen LogP) is 4.98. The molecule has 0 amide bonds. The van der Waals surface area contributed by atoms with Crippen molar-refractivity contribution in [3.63, 3.8) is 0 Å². The van der Waals surface area contributed by atoms with E-state index in [-0.39, 0.29) is 17.4 Å². The standard InChI is InChI=1S/C25H26F2N6O/c1-3-33-16(2)14-19-20(33)8-9-21(22(19)26)34-25-23(27)24(29-15-30-25)31-17-4-6-18(7-5-17)32-12-10-28-11-13-32/h4-9,14-15,28H,3,10-13H2,1-2H3,(H,29,30,31). The average molecular weight is 465 g/mol. The molecule has 2 aromatic heterocycles. The first-order valence-corrected chi connectivity index (χ1v) is 11.3. The van der Waals surface area contributed by atoms with Crippen molar-refractivity contribution in [1.29, 1.82) is 0 Å². The lowest BCUT2D eigenvalue weighted by atomic mass is 10.2. The van der Waals surface area contributed by atoms with Gasteiger partial charge in [0.05, 0.1) is 5.52 Å². The summed E-state index contributed by atoms with van der Waals surface area (Å²) in [5.74, 6) is -1.83. The SMILES string of the molecule is CCn1c(C)cc2c(F)c(Oc3ncnc(Nc4ccc(N5CCNCC5)cc4)c3F)ccc21. The van der Waals surface area contributed by atoms with E-state index in [0.717, 1.165) is 49.6 Å². The van der Waals surface area contributed by atoms with Gasteiger partial charge >= 0.3 is 0 Å². The Morgan fingerprint density at radius 3 is 2.53 bits per heavy atom. The third-order valence-electron chi connectivity index (χ3n) is 6.08. The number of fused-ring (bicyclic) bond motifs is 1. The van der Waals surface area contributed by atoms with Crippen LogP contribution in [0.2, 0.25) is 0 Å². The second-order valence-electron chi connectivity index (χ2n) is 8.19. The van der Waals surface area contributed by atoms with Gasteiger partial charge in [0.15, 0.2) is 17.4 Å². The molecule has 1 fully saturated rings. The largest absolute Gasteiger partial charge is 0.433 e. The number of piperazine rings is 1. The van der Waals surface area contributed by atoms with Gasteiger partial charge in [0.25, 0.3) is 5.88 Å². The van der Waals surface area contributed by atoms with Crippen LogP contribution >= 0.6 is 0 Å². The Bertz CT molecular complexity index is 1320. The van der Waals surface area contributed by atoms with Gasteiger partial charge < -0.3 is 24.8 Å². The molecule has 3 heterocycles. The van der Waals surface area contributed by atoms with E-state index < -0.39 is 11.6 Å². The maximum atomic E-state index is 15.1. The molecule has 0 bridgehead atoms. The molecular weight excluding hydrogens is 438 g/mol. The topological polar surface area (TPSA) is 67.2 Å². The second kappa shape index (κ2) is 9.26. The number of aryl methyl sites for hydroxylation is 2. The van der Waals surface area contributed by atoms with Gasteiger partial charge in [0.1, 0.15) is 6.33 Å². The van der Waals surface area contributed by atoms with Crippen molar-refractivity contribution in [3.8, 4) is 11.6 Å². The van der Waals surface area contributed by atoms with Crippen molar-refractivity contribution in [1.82, 2.24) is 19.9 Å². The summed E-state index contributed by atoms with van der Waals surface area (Å²) in [5, 5.41) is 6.71. The van der Waals surface area contributed by atoms with Crippen molar-refractivity contribution in [2.24, 2.45) is 0 Å². The fourth-order valence-corrected chi connectivity index (χ4v) is 4.34. The summed E-state index contributed by atoms with van der Waals surface area (Å²) in [6, 6.07) is 12.7. The molecule has 1 aliphatic rings. The highest BCUT2D eigenvalue weighted by molar-refractivity contribution is 5.83. The lowest BCUT2D eigenvalue weighted by molar-refractivity contribution is 0.399. The molecule has 9 heteroatoms. The number of aromatic nitrogens is 3. The van der Waals surface area contributed by atoms with E-state index in [1.807, 2.05) is 42.7 Å². The molecule has 0 atom stereocenters. The highest BCUT2D eigenvalue weighted by Crippen LogP contribution is 2.33. The quantitative estimate of drug-likeness (QED) is 0.419. The van der Waals surface area contributed by atoms with Gasteiger partial charge in [-0.25, -0.2) is 9.37 Å². The minimum atomic E-state index is -0.796. The third kappa shape index (κ3) is 4.14. The van der Waals surface area contributed by atoms with Crippen LogP contribution in [-0.2, 0) is 6.54 Å². The van der Waals surface area contributed by atoms with Crippen LogP contribution < -0.4 is 20.3 Å². The molecular formula is C25H26F2N6O. The first-order valence-electron chi connectivity index (χ1n) is 11.3. The fourth-order valence-electron chi connectivity index (χ4n) is 4.34. The number of benzene rings is 2. The third-order valence-corrected chi connectivity index (χ3v) is 6.08. The number of nitrogens with one attached hydrogen (secondary N) is 2. The van der Waals surface area contributed by atoms with Crippen molar-refractivity contribution < 1.29 is 13.5 Å². The minimum Gasteiger partial charge on any atom is -0.433 e. The maximum Gasteiger partial charge on any atom is 0.261 e. The van der Waals surface area contributed by atoms with Crippen LogP contribution in [0.4, 0.5) is 26.0 Å². The van der Waals surface area contributed by atoms with E-state index in [4.69, 9.17) is 4.74 Å². The molecule has 7 nitrogen and oxygen atoms in total. The Morgan fingerprint density at radius 1 is 1.03 bits per heavy atom. The van der Waals surface area contributed by atoms with Crippen LogP contribution in [0, 0.1) is 18.6 Å². The first kappa shape index (κ1) is 22.1. The normalized spacial score (nSPS) is 13.9. The summed E-state index contributed by atoms with van der Waals surface area (Å²) >= 11 is 0. The van der Waals surface area contributed by atoms with E-state index in [9.17, 15) is 0 Å². The Labute approximate surface area is 196 Å². The van der Waals surface area contributed by atoms with Gasteiger partial charge in [-0.3, -0.25) is 0 Å². The van der Waals surface area contributed by atoms with E-state index >= 15 is 8.78 Å². The number of rotatable bonds is 6. The number of ether oxygens (including phenoxy) is 1. The maximum absolute atomic E-state index is 15.1. The molecule has 0 spiro atoms. The predicted molar refractivity (Wildman–Crippen MR) is 129 cm³/mol. The zero-order valence-corrected chi connectivity index (χ0v) is 19.1. The zero-order valence-electron chi connectivity index (χ0n) is 19.1. The van der Waals surface area contributed by atoms with Crippen LogP contribution in [0.15, 0.2) is 48.8 Å². The molecule has 0 unspecified atom stereocenters. The van der Waals surface area contributed by atoms with Crippen molar-refractivity contribution in [3.05, 3.63) is 66.1 Å². The Morgan fingerprint density at radius 2 is 1.79 bits per heavy atom. The molecule has 0 aliphatic carbocycles. The summed E-state index contributed by atoms with van der Waals surface area (Å²) in [6.07, 6.45) is 1.18. The molecule has 0 saturated carbocycles. The van der Waals surface area contributed by atoms with Gasteiger partial charge in [-0.05, 0) is 56.3 Å². The molecule has 34 heavy (non-hydrogen) atoms. The fraction of sp³-hybridized carbons (Fsp3) is 0.280. The Balaban J connectivity index is 1.36. The van der Waals surface area contributed by atoms with Gasteiger partial charge in [-0.1, -0.05) is 0 Å². The molecule has 176 valence electrons. The molecule has 4 aromatic rings. The van der Waals surface area contributed by atoms with Crippen LogP contribution in [0.1, 0.15) is 12.6 Å². The summed E-state index contributed by atoms with van der Waals surface area (Å²) < 4.78 is 37.8. The van der Waals surface area contributed by atoms with Gasteiger partial charge in [-0.15, -0.1) is 0 Å². The molecule has 2 aromatic carbocycles. The van der Waals surface area contributed by atoms with E-state index in [0.29, 0.717) is 11.1 Å². The van der Waals surface area contributed by atoms with E-state index in [1.165, 1.54) is 12.4 Å². The summed E-state index contributed by atoms with van der Waals surface area (Å²) in [6.45, 7) is 8.43. The van der Waals surface area contributed by atoms with E-state index in [2.05, 4.69) is 25.5 Å². The molecule has 0 radical (unpaired) electrons. The monoisotopic (exact) mass is 464 g/mol. The van der Waals surface area contributed by atoms with Crippen molar-refractivity contribution >= 4 is 28.1 Å². The summed E-state index contributed by atoms with van der Waals surface area (Å²) in [5.41, 5.74) is 3.49. The number of anilines is 3. The molecule has 1 aliphatic heterocycles. The van der Waals surface area contributed by atoms with Crippen LogP contribution in [-0.4, -0.2) is 40.7 Å². The van der Waals surface area contributed by atoms with Crippen molar-refractivity contribution in [2.75, 3.05) is 36.4 Å². The lowest BCUT2D eigenvalue weighted by Crippen LogP contribution is -2.43. The van der Waals surface area contributed by atoms with Crippen LogP contribution in [0.5, 0.6) is 11.6 Å². The highest BCUT2D eigenvalue weighted by Gasteiger charge is 2.19. The second-order valence-corrected chi connectivity index (χ2v) is 8.19. The molecule has 5 rings (SSSR count). The number of hydrogen-bond donors (Lipinski definition) is 2. The summed E-state index contributed by atoms with van der Waals surface area (Å²) in [7, 11) is 0. The van der Waals surface area contributed by atoms with Gasteiger partial charge in [0, 0.05) is 55.2 Å².